The van der Waals surface area contributed by atoms with Gasteiger partial charge in [-0.3, -0.25) is 14.6 Å². The summed E-state index contributed by atoms with van der Waals surface area (Å²) in [6.45, 7) is 1.94. The molecule has 2 aromatic rings. The first-order chi connectivity index (χ1) is 10.6. The number of fused-ring (bicyclic) bond motifs is 1. The maximum Gasteiger partial charge on any atom is 0.181 e. The lowest BCUT2D eigenvalue weighted by Gasteiger charge is -2.10. The van der Waals surface area contributed by atoms with Gasteiger partial charge in [0.05, 0.1) is 0 Å². The topological polar surface area (TPSA) is 62.3 Å². The van der Waals surface area contributed by atoms with Gasteiger partial charge in [0.25, 0.3) is 0 Å². The Balaban J connectivity index is 1.67. The molecular weight excluding hydrogens is 276 g/mol. The van der Waals surface area contributed by atoms with E-state index < -0.39 is 0 Å². The van der Waals surface area contributed by atoms with E-state index in [1.807, 2.05) is 31.3 Å². The van der Waals surface area contributed by atoms with Gasteiger partial charge in [-0.05, 0) is 49.6 Å². The minimum absolute atomic E-state index is 0.00510. The van der Waals surface area contributed by atoms with Crippen molar-refractivity contribution in [1.29, 1.82) is 0 Å². The van der Waals surface area contributed by atoms with Crippen LogP contribution in [0.2, 0.25) is 0 Å². The van der Waals surface area contributed by atoms with Gasteiger partial charge < -0.3 is 4.98 Å². The van der Waals surface area contributed by atoms with Crippen LogP contribution in [-0.4, -0.2) is 22.8 Å². The van der Waals surface area contributed by atoms with E-state index in [4.69, 9.17) is 0 Å². The molecule has 0 spiro atoms. The number of aromatic amines is 1. The van der Waals surface area contributed by atoms with Crippen molar-refractivity contribution in [2.75, 3.05) is 0 Å². The lowest BCUT2D eigenvalue weighted by atomic mass is 9.99. The van der Waals surface area contributed by atoms with Gasteiger partial charge in [0.1, 0.15) is 5.70 Å². The van der Waals surface area contributed by atoms with Crippen molar-refractivity contribution >= 4 is 28.7 Å². The largest absolute Gasteiger partial charge is 0.361 e. The lowest BCUT2D eigenvalue weighted by Crippen LogP contribution is -2.09. The van der Waals surface area contributed by atoms with Crippen molar-refractivity contribution in [2.45, 2.75) is 32.6 Å². The van der Waals surface area contributed by atoms with Crippen LogP contribution in [0.4, 0.5) is 0 Å². The fraction of sp³-hybridized carbons (Fsp3) is 0.278. The molecule has 0 saturated heterocycles. The molecule has 0 unspecified atom stereocenters. The fourth-order valence-corrected chi connectivity index (χ4v) is 2.69. The van der Waals surface area contributed by atoms with E-state index in [1.54, 1.807) is 12.3 Å². The van der Waals surface area contributed by atoms with E-state index in [0.29, 0.717) is 11.3 Å². The number of benzene rings is 1. The molecule has 0 atom stereocenters. The Kier molecular flexibility index (Phi) is 4.00. The molecule has 112 valence electrons. The van der Waals surface area contributed by atoms with Gasteiger partial charge >= 0.3 is 0 Å². The Bertz CT molecular complexity index is 796. The number of ketones is 2. The molecule has 0 fully saturated rings. The number of H-pyrrole nitrogens is 1. The van der Waals surface area contributed by atoms with E-state index in [2.05, 4.69) is 9.98 Å². The van der Waals surface area contributed by atoms with Crippen LogP contribution in [0, 0.1) is 0 Å². The highest BCUT2D eigenvalue weighted by Crippen LogP contribution is 2.20. The van der Waals surface area contributed by atoms with Gasteiger partial charge in [0.15, 0.2) is 11.6 Å². The molecule has 1 aliphatic heterocycles. The van der Waals surface area contributed by atoms with Crippen LogP contribution in [0.1, 0.15) is 43.0 Å². The van der Waals surface area contributed by atoms with Crippen molar-refractivity contribution < 1.29 is 9.59 Å². The van der Waals surface area contributed by atoms with Gasteiger partial charge in [0.2, 0.25) is 0 Å². The minimum atomic E-state index is -0.0375. The van der Waals surface area contributed by atoms with Gasteiger partial charge in [-0.1, -0.05) is 0 Å². The van der Waals surface area contributed by atoms with Gasteiger partial charge in [-0.2, -0.15) is 0 Å². The molecule has 1 aromatic heterocycles. The number of aromatic nitrogens is 1. The molecule has 0 saturated carbocycles. The van der Waals surface area contributed by atoms with Crippen LogP contribution in [0.25, 0.3) is 10.9 Å². The third-order valence-corrected chi connectivity index (χ3v) is 3.99. The number of Topliss-reactive ketones (excluding diaryl/α,β-unsaturated/α-hetero) is 2. The summed E-state index contributed by atoms with van der Waals surface area (Å²) >= 11 is 0. The summed E-state index contributed by atoms with van der Waals surface area (Å²) < 4.78 is 0. The zero-order chi connectivity index (χ0) is 15.5. The molecular formula is C18H18N2O2. The first-order valence-electron chi connectivity index (χ1n) is 7.51. The van der Waals surface area contributed by atoms with Crippen LogP contribution in [0.3, 0.4) is 0 Å². The second-order valence-corrected chi connectivity index (χ2v) is 5.61. The first-order valence-corrected chi connectivity index (χ1v) is 7.51. The van der Waals surface area contributed by atoms with Crippen molar-refractivity contribution in [3.63, 3.8) is 0 Å². The second-order valence-electron chi connectivity index (χ2n) is 5.61. The quantitative estimate of drug-likeness (QED) is 0.852. The van der Waals surface area contributed by atoms with Crippen LogP contribution in [0.15, 0.2) is 46.7 Å². The molecule has 0 radical (unpaired) electrons. The number of hydrogen-bond donors (Lipinski definition) is 1. The molecule has 0 amide bonds. The molecule has 0 aliphatic carbocycles. The molecule has 0 bridgehead atoms. The maximum absolute atomic E-state index is 12.3. The van der Waals surface area contributed by atoms with Crippen LogP contribution in [0.5, 0.6) is 0 Å². The summed E-state index contributed by atoms with van der Waals surface area (Å²) in [6, 6.07) is 7.49. The van der Waals surface area contributed by atoms with E-state index in [0.717, 1.165) is 29.3 Å². The SMILES string of the molecule is CC1=C(C(=O)CCC(=O)c2ccc3[nH]ccc3c2)N=CCC1. The minimum Gasteiger partial charge on any atom is -0.361 e. The number of aliphatic imine (C=N–C) groups is 1. The summed E-state index contributed by atoms with van der Waals surface area (Å²) in [5, 5.41) is 1.01. The number of carbonyl (C=O) groups excluding carboxylic acids is 2. The van der Waals surface area contributed by atoms with Gasteiger partial charge in [-0.15, -0.1) is 0 Å². The van der Waals surface area contributed by atoms with Crippen molar-refractivity contribution in [1.82, 2.24) is 4.98 Å². The molecule has 2 heterocycles. The number of rotatable bonds is 5. The summed E-state index contributed by atoms with van der Waals surface area (Å²) in [6.07, 6.45) is 5.83. The van der Waals surface area contributed by atoms with E-state index in [-0.39, 0.29) is 24.4 Å². The zero-order valence-electron chi connectivity index (χ0n) is 12.6. The third-order valence-electron chi connectivity index (χ3n) is 3.99. The zero-order valence-corrected chi connectivity index (χ0v) is 12.6. The maximum atomic E-state index is 12.3. The predicted molar refractivity (Wildman–Crippen MR) is 87.3 cm³/mol. The summed E-state index contributed by atoms with van der Waals surface area (Å²) in [5.74, 6) is -0.0426. The predicted octanol–water partition coefficient (Wildman–Crippen LogP) is 3.84. The molecule has 1 aromatic carbocycles. The van der Waals surface area contributed by atoms with Crippen LogP contribution >= 0.6 is 0 Å². The fourth-order valence-electron chi connectivity index (χ4n) is 2.69. The average molecular weight is 294 g/mol. The standard InChI is InChI=1S/C18H18N2O2/c1-12-3-2-9-20-18(12)17(22)7-6-16(21)14-4-5-15-13(11-14)8-10-19-15/h4-5,8-11,19H,2-3,6-7H2,1H3. The molecule has 1 aliphatic rings. The first kappa shape index (κ1) is 14.4. The van der Waals surface area contributed by atoms with E-state index in [1.165, 1.54) is 0 Å². The summed E-state index contributed by atoms with van der Waals surface area (Å²) in [7, 11) is 0. The molecule has 1 N–H and O–H groups in total. The van der Waals surface area contributed by atoms with Gasteiger partial charge in [-0.25, -0.2) is 0 Å². The molecule has 4 heteroatoms. The van der Waals surface area contributed by atoms with Crippen molar-refractivity contribution in [3.8, 4) is 0 Å². The van der Waals surface area contributed by atoms with Crippen LogP contribution in [-0.2, 0) is 4.79 Å². The number of nitrogens with one attached hydrogen (secondary N) is 1. The van der Waals surface area contributed by atoms with E-state index in [9.17, 15) is 9.59 Å². The summed E-state index contributed by atoms with van der Waals surface area (Å²) in [5.41, 5.74) is 3.22. The normalized spacial score (nSPS) is 14.6. The lowest BCUT2D eigenvalue weighted by molar-refractivity contribution is -0.115. The monoisotopic (exact) mass is 294 g/mol. The third kappa shape index (κ3) is 2.91. The van der Waals surface area contributed by atoms with Crippen molar-refractivity contribution in [3.05, 3.63) is 47.3 Å². The second kappa shape index (κ2) is 6.10. The molecule has 4 nitrogen and oxygen atoms in total. The Morgan fingerprint density at radius 3 is 2.82 bits per heavy atom. The van der Waals surface area contributed by atoms with E-state index >= 15 is 0 Å². The molecule has 3 rings (SSSR count). The Morgan fingerprint density at radius 2 is 2.00 bits per heavy atom. The highest BCUT2D eigenvalue weighted by Gasteiger charge is 2.16. The highest BCUT2D eigenvalue weighted by molar-refractivity contribution is 6.04. The number of nitrogens with zero attached hydrogens (tertiary/aromatic N) is 1. The smallest absolute Gasteiger partial charge is 0.181 e. The summed E-state index contributed by atoms with van der Waals surface area (Å²) in [4.78, 5) is 31.7. The average Bonchev–Trinajstić information content (AvgIpc) is 3.00. The van der Waals surface area contributed by atoms with Crippen molar-refractivity contribution in [2.24, 2.45) is 4.99 Å². The van der Waals surface area contributed by atoms with Gasteiger partial charge in [0, 0.05) is 41.7 Å². The molecule has 22 heavy (non-hydrogen) atoms. The number of carbonyl (C=O) groups is 2. The highest BCUT2D eigenvalue weighted by atomic mass is 16.1. The number of allylic oxidation sites excluding steroid dienone is 2. The Labute approximate surface area is 128 Å². The Morgan fingerprint density at radius 1 is 1.18 bits per heavy atom. The number of hydrogen-bond acceptors (Lipinski definition) is 3. The Hall–Kier alpha value is -2.49. The van der Waals surface area contributed by atoms with Crippen LogP contribution < -0.4 is 0 Å².